The molecule has 2 N–H and O–H groups in total. The molecule has 7 nitrogen and oxygen atoms in total. The third kappa shape index (κ3) is 4.78. The molecule has 1 aromatic rings. The predicted octanol–water partition coefficient (Wildman–Crippen LogP) is 0.924. The van der Waals surface area contributed by atoms with Crippen LogP contribution in [0.3, 0.4) is 0 Å². The highest BCUT2D eigenvalue weighted by Gasteiger charge is 2.31. The summed E-state index contributed by atoms with van der Waals surface area (Å²) < 4.78 is 26.5. The zero-order chi connectivity index (χ0) is 17.7. The third-order valence-electron chi connectivity index (χ3n) is 4.05. The first kappa shape index (κ1) is 18.4. The number of carboxylic acids is 1. The topological polar surface area (TPSA) is 104 Å². The van der Waals surface area contributed by atoms with Gasteiger partial charge in [0.25, 0.3) is 0 Å². The maximum atomic E-state index is 12.2. The predicted molar refractivity (Wildman–Crippen MR) is 87.7 cm³/mol. The van der Waals surface area contributed by atoms with Crippen LogP contribution in [0.1, 0.15) is 19.8 Å². The van der Waals surface area contributed by atoms with Crippen LogP contribution in [0.15, 0.2) is 35.2 Å². The number of hydrogen-bond acceptors (Lipinski definition) is 4. The van der Waals surface area contributed by atoms with Crippen molar-refractivity contribution in [3.63, 3.8) is 0 Å². The third-order valence-corrected chi connectivity index (χ3v) is 5.52. The van der Waals surface area contributed by atoms with Crippen LogP contribution in [0.25, 0.3) is 0 Å². The second-order valence-corrected chi connectivity index (χ2v) is 7.90. The molecule has 24 heavy (non-hydrogen) atoms. The van der Waals surface area contributed by atoms with Crippen LogP contribution in [0.5, 0.6) is 0 Å². The van der Waals surface area contributed by atoms with Gasteiger partial charge >= 0.3 is 5.97 Å². The highest BCUT2D eigenvalue weighted by atomic mass is 32.2. The lowest BCUT2D eigenvalue weighted by atomic mass is 9.90. The molecular formula is C16H22N2O5S. The Bertz CT molecular complexity index is 690. The summed E-state index contributed by atoms with van der Waals surface area (Å²) >= 11 is 0. The lowest BCUT2D eigenvalue weighted by Crippen LogP contribution is -2.46. The Balaban J connectivity index is 1.88. The minimum absolute atomic E-state index is 0.00508. The van der Waals surface area contributed by atoms with E-state index in [1.807, 2.05) is 6.92 Å². The molecule has 2 atom stereocenters. The minimum Gasteiger partial charge on any atom is -0.481 e. The Morgan fingerprint density at radius 1 is 1.25 bits per heavy atom. The molecule has 0 bridgehead atoms. The van der Waals surface area contributed by atoms with Crippen LogP contribution in [-0.2, 0) is 19.6 Å². The molecule has 132 valence electrons. The fourth-order valence-electron chi connectivity index (χ4n) is 2.87. The molecule has 1 fully saturated rings. The fraction of sp³-hybridized carbons (Fsp3) is 0.500. The lowest BCUT2D eigenvalue weighted by Gasteiger charge is -2.34. The standard InChI is InChI=1S/C16H22N2O5S/c1-12-9-13(16(20)21)11-18(10-12)15(19)7-8-17-24(22,23)14-5-3-2-4-6-14/h2-6,12-13,17H,7-11H2,1H3,(H,20,21). The molecular weight excluding hydrogens is 332 g/mol. The number of amides is 1. The maximum Gasteiger partial charge on any atom is 0.308 e. The summed E-state index contributed by atoms with van der Waals surface area (Å²) in [4.78, 5) is 25.0. The summed E-state index contributed by atoms with van der Waals surface area (Å²) in [7, 11) is -3.64. The zero-order valence-corrected chi connectivity index (χ0v) is 14.3. The van der Waals surface area contributed by atoms with E-state index in [1.165, 1.54) is 17.0 Å². The number of rotatable bonds is 6. The van der Waals surface area contributed by atoms with Crippen molar-refractivity contribution in [2.75, 3.05) is 19.6 Å². The van der Waals surface area contributed by atoms with Crippen molar-refractivity contribution in [3.05, 3.63) is 30.3 Å². The number of hydrogen-bond donors (Lipinski definition) is 2. The molecule has 1 aliphatic heterocycles. The van der Waals surface area contributed by atoms with Gasteiger partial charge in [0.05, 0.1) is 10.8 Å². The minimum atomic E-state index is -3.64. The van der Waals surface area contributed by atoms with Crippen molar-refractivity contribution in [1.82, 2.24) is 9.62 Å². The van der Waals surface area contributed by atoms with Gasteiger partial charge in [-0.15, -0.1) is 0 Å². The van der Waals surface area contributed by atoms with E-state index in [1.54, 1.807) is 18.2 Å². The Morgan fingerprint density at radius 2 is 1.92 bits per heavy atom. The van der Waals surface area contributed by atoms with E-state index < -0.39 is 21.9 Å². The van der Waals surface area contributed by atoms with Gasteiger partial charge in [-0.1, -0.05) is 25.1 Å². The van der Waals surface area contributed by atoms with Crippen molar-refractivity contribution < 1.29 is 23.1 Å². The van der Waals surface area contributed by atoms with Crippen LogP contribution in [0.2, 0.25) is 0 Å². The lowest BCUT2D eigenvalue weighted by molar-refractivity contribution is -0.146. The van der Waals surface area contributed by atoms with Gasteiger partial charge in [-0.3, -0.25) is 9.59 Å². The number of aliphatic carboxylic acids is 1. The van der Waals surface area contributed by atoms with Gasteiger partial charge in [-0.25, -0.2) is 13.1 Å². The van der Waals surface area contributed by atoms with Crippen molar-refractivity contribution in [2.45, 2.75) is 24.7 Å². The van der Waals surface area contributed by atoms with Crippen LogP contribution in [0.4, 0.5) is 0 Å². The molecule has 1 aliphatic rings. The number of carbonyl (C=O) groups is 2. The summed E-state index contributed by atoms with van der Waals surface area (Å²) in [6, 6.07) is 7.93. The monoisotopic (exact) mass is 354 g/mol. The number of carbonyl (C=O) groups excluding carboxylic acids is 1. The maximum absolute atomic E-state index is 12.2. The Hall–Kier alpha value is -1.93. The number of nitrogens with one attached hydrogen (secondary N) is 1. The van der Waals surface area contributed by atoms with Gasteiger partial charge in [0.2, 0.25) is 15.9 Å². The number of nitrogens with zero attached hydrogens (tertiary/aromatic N) is 1. The van der Waals surface area contributed by atoms with E-state index in [2.05, 4.69) is 4.72 Å². The van der Waals surface area contributed by atoms with E-state index >= 15 is 0 Å². The quantitative estimate of drug-likeness (QED) is 0.791. The Kier molecular flexibility index (Phi) is 5.95. The van der Waals surface area contributed by atoms with E-state index in [0.717, 1.165) is 0 Å². The normalized spacial score (nSPS) is 21.5. The highest BCUT2D eigenvalue weighted by molar-refractivity contribution is 7.89. The molecule has 0 aromatic heterocycles. The largest absolute Gasteiger partial charge is 0.481 e. The smallest absolute Gasteiger partial charge is 0.308 e. The number of piperidine rings is 1. The number of carboxylic acid groups (broad SMARTS) is 1. The molecule has 1 amide bonds. The molecule has 0 radical (unpaired) electrons. The van der Waals surface area contributed by atoms with E-state index in [-0.39, 0.29) is 36.2 Å². The first-order valence-electron chi connectivity index (χ1n) is 7.85. The molecule has 8 heteroatoms. The van der Waals surface area contributed by atoms with Crippen LogP contribution in [0, 0.1) is 11.8 Å². The van der Waals surface area contributed by atoms with Crippen LogP contribution in [-0.4, -0.2) is 49.9 Å². The summed E-state index contributed by atoms with van der Waals surface area (Å²) in [5, 5.41) is 9.13. The summed E-state index contributed by atoms with van der Waals surface area (Å²) in [5.41, 5.74) is 0. The van der Waals surface area contributed by atoms with Gasteiger partial charge in [-0.2, -0.15) is 0 Å². The molecule has 0 spiro atoms. The molecule has 0 saturated carbocycles. The van der Waals surface area contributed by atoms with E-state index in [0.29, 0.717) is 13.0 Å². The number of benzene rings is 1. The fourth-order valence-corrected chi connectivity index (χ4v) is 3.92. The molecule has 1 heterocycles. The van der Waals surface area contributed by atoms with Gasteiger partial charge in [0.15, 0.2) is 0 Å². The van der Waals surface area contributed by atoms with Gasteiger partial charge in [0, 0.05) is 26.1 Å². The summed E-state index contributed by atoms with van der Waals surface area (Å²) in [5.74, 6) is -1.57. The SMILES string of the molecule is CC1CC(C(=O)O)CN(C(=O)CCNS(=O)(=O)c2ccccc2)C1. The molecule has 2 unspecified atom stereocenters. The first-order valence-corrected chi connectivity index (χ1v) is 9.33. The summed E-state index contributed by atoms with van der Waals surface area (Å²) in [6.45, 7) is 2.59. The highest BCUT2D eigenvalue weighted by Crippen LogP contribution is 2.22. The van der Waals surface area contributed by atoms with Gasteiger partial charge in [-0.05, 0) is 24.5 Å². The summed E-state index contributed by atoms with van der Waals surface area (Å²) in [6.07, 6.45) is 0.560. The Labute approximate surface area is 141 Å². The Morgan fingerprint density at radius 3 is 2.54 bits per heavy atom. The first-order chi connectivity index (χ1) is 11.3. The number of likely N-dealkylation sites (tertiary alicyclic amines) is 1. The van der Waals surface area contributed by atoms with Crippen molar-refractivity contribution in [3.8, 4) is 0 Å². The zero-order valence-electron chi connectivity index (χ0n) is 13.5. The molecule has 0 aliphatic carbocycles. The van der Waals surface area contributed by atoms with E-state index in [4.69, 9.17) is 5.11 Å². The van der Waals surface area contributed by atoms with Crippen molar-refractivity contribution in [2.24, 2.45) is 11.8 Å². The number of sulfonamides is 1. The molecule has 1 aromatic carbocycles. The van der Waals surface area contributed by atoms with Crippen molar-refractivity contribution in [1.29, 1.82) is 0 Å². The second kappa shape index (κ2) is 7.76. The van der Waals surface area contributed by atoms with Crippen molar-refractivity contribution >= 4 is 21.9 Å². The van der Waals surface area contributed by atoms with Crippen LogP contribution < -0.4 is 4.72 Å². The van der Waals surface area contributed by atoms with E-state index in [9.17, 15) is 18.0 Å². The molecule has 2 rings (SSSR count). The average molecular weight is 354 g/mol. The second-order valence-electron chi connectivity index (χ2n) is 6.14. The van der Waals surface area contributed by atoms with Gasteiger partial charge < -0.3 is 10.0 Å². The van der Waals surface area contributed by atoms with Crippen LogP contribution >= 0.6 is 0 Å². The molecule has 1 saturated heterocycles. The van der Waals surface area contributed by atoms with Gasteiger partial charge in [0.1, 0.15) is 0 Å². The average Bonchev–Trinajstić information content (AvgIpc) is 2.54.